The molecule has 0 fully saturated rings. The molecule has 0 radical (unpaired) electrons. The SMILES string of the molecule is [2H]c1ccc(C=Cc2c(C#N)c(C=Cc3ccc([2H])cc3)c([N+]#[C-])c(C=Cc3ccc([2H])cc3)c2C#N)cc1. The van der Waals surface area contributed by atoms with Crippen LogP contribution in [0.4, 0.5) is 5.69 Å². The molecule has 168 valence electrons. The second-order valence-electron chi connectivity index (χ2n) is 7.68. The molecule has 0 heterocycles. The van der Waals surface area contributed by atoms with Crippen molar-refractivity contribution in [3.8, 4) is 12.1 Å². The van der Waals surface area contributed by atoms with E-state index in [2.05, 4.69) is 17.0 Å². The second kappa shape index (κ2) is 11.6. The summed E-state index contributed by atoms with van der Waals surface area (Å²) in [5, 5.41) is 20.4. The molecule has 4 aromatic carbocycles. The number of benzene rings is 4. The zero-order chi connectivity index (χ0) is 27.8. The van der Waals surface area contributed by atoms with E-state index in [9.17, 15) is 10.5 Å². The molecular formula is C33H21N3. The molecule has 36 heavy (non-hydrogen) atoms. The average molecular weight is 463 g/mol. The smallest absolute Gasteiger partial charge is 0.204 e. The Hall–Kier alpha value is -5.43. The van der Waals surface area contributed by atoms with Gasteiger partial charge in [-0.05, 0) is 27.8 Å². The minimum Gasteiger partial charge on any atom is -0.237 e. The van der Waals surface area contributed by atoms with Gasteiger partial charge in [0.2, 0.25) is 5.69 Å². The fourth-order valence-electron chi connectivity index (χ4n) is 3.72. The van der Waals surface area contributed by atoms with E-state index in [-0.39, 0.29) is 16.8 Å². The van der Waals surface area contributed by atoms with Crippen LogP contribution in [0.5, 0.6) is 0 Å². The molecule has 3 heteroatoms. The molecule has 0 bridgehead atoms. The molecule has 0 spiro atoms. The summed E-state index contributed by atoms with van der Waals surface area (Å²) < 4.78 is 23.1. The van der Waals surface area contributed by atoms with Gasteiger partial charge in [-0.2, -0.15) is 10.5 Å². The van der Waals surface area contributed by atoms with Crippen molar-refractivity contribution >= 4 is 42.1 Å². The Morgan fingerprint density at radius 3 is 1.22 bits per heavy atom. The molecule has 0 aliphatic rings. The quantitative estimate of drug-likeness (QED) is 0.213. The van der Waals surface area contributed by atoms with Crippen LogP contribution in [-0.4, -0.2) is 0 Å². The Kier molecular flexibility index (Phi) is 6.45. The van der Waals surface area contributed by atoms with Gasteiger partial charge in [0, 0.05) is 5.56 Å². The van der Waals surface area contributed by atoms with Crippen molar-refractivity contribution in [3.05, 3.63) is 147 Å². The van der Waals surface area contributed by atoms with Gasteiger partial charge in [0.25, 0.3) is 0 Å². The first-order valence-corrected chi connectivity index (χ1v) is 11.1. The lowest BCUT2D eigenvalue weighted by atomic mass is 9.89. The molecule has 0 aliphatic heterocycles. The first-order chi connectivity index (χ1) is 18.9. The third-order valence-corrected chi connectivity index (χ3v) is 5.48. The highest BCUT2D eigenvalue weighted by molar-refractivity contribution is 5.94. The summed E-state index contributed by atoms with van der Waals surface area (Å²) >= 11 is 0. The minimum atomic E-state index is 0.181. The Balaban J connectivity index is 1.96. The minimum absolute atomic E-state index is 0.181. The molecule has 0 aromatic heterocycles. The van der Waals surface area contributed by atoms with E-state index < -0.39 is 0 Å². The van der Waals surface area contributed by atoms with Crippen molar-refractivity contribution in [2.45, 2.75) is 0 Å². The van der Waals surface area contributed by atoms with Gasteiger partial charge in [0.05, 0.1) is 33.9 Å². The van der Waals surface area contributed by atoms with Gasteiger partial charge in [-0.3, -0.25) is 0 Å². The number of rotatable bonds is 6. The standard InChI is InChI=1S/C33H21N3/c1-36-33-29(21-18-26-13-7-3-8-14-26)31(23-34)28(20-17-25-11-5-2-6-12-25)32(24-35)30(33)22-19-27-15-9-4-10-16-27/h2-22H/i2D,3D,4D. The maximum absolute atomic E-state index is 10.2. The van der Waals surface area contributed by atoms with Crippen LogP contribution < -0.4 is 0 Å². The predicted octanol–water partition coefficient (Wildman–Crippen LogP) is 8.49. The van der Waals surface area contributed by atoms with Crippen molar-refractivity contribution in [2.75, 3.05) is 0 Å². The van der Waals surface area contributed by atoms with E-state index in [1.807, 2.05) is 0 Å². The summed E-state index contributed by atoms with van der Waals surface area (Å²) in [6.45, 7) is 7.97. The molecule has 3 nitrogen and oxygen atoms in total. The first-order valence-electron chi connectivity index (χ1n) is 12.6. The fraction of sp³-hybridized carbons (Fsp3) is 0. The Labute approximate surface area is 215 Å². The fourth-order valence-corrected chi connectivity index (χ4v) is 3.72. The van der Waals surface area contributed by atoms with Gasteiger partial charge in [-0.1, -0.05) is 127 Å². The summed E-state index contributed by atoms with van der Waals surface area (Å²) in [6.07, 6.45) is 10.4. The largest absolute Gasteiger partial charge is 0.237 e. The van der Waals surface area contributed by atoms with Crippen molar-refractivity contribution < 1.29 is 4.11 Å². The van der Waals surface area contributed by atoms with Crippen LogP contribution in [0.2, 0.25) is 0 Å². The molecule has 4 rings (SSSR count). The maximum atomic E-state index is 10.2. The lowest BCUT2D eigenvalue weighted by Crippen LogP contribution is -1.98. The van der Waals surface area contributed by atoms with Crippen LogP contribution in [0, 0.1) is 29.2 Å². The topological polar surface area (TPSA) is 51.9 Å². The van der Waals surface area contributed by atoms with Crippen LogP contribution in [-0.2, 0) is 0 Å². The van der Waals surface area contributed by atoms with Crippen molar-refractivity contribution in [1.29, 1.82) is 10.5 Å². The third-order valence-electron chi connectivity index (χ3n) is 5.48. The highest BCUT2D eigenvalue weighted by Gasteiger charge is 2.20. The van der Waals surface area contributed by atoms with Gasteiger partial charge in [0.15, 0.2) is 0 Å². The van der Waals surface area contributed by atoms with Crippen LogP contribution in [0.25, 0.3) is 41.3 Å². The monoisotopic (exact) mass is 462 g/mol. The molecule has 0 saturated heterocycles. The van der Waals surface area contributed by atoms with E-state index in [0.29, 0.717) is 34.8 Å². The van der Waals surface area contributed by atoms with E-state index in [0.717, 1.165) is 16.7 Å². The van der Waals surface area contributed by atoms with E-state index >= 15 is 0 Å². The molecule has 0 saturated carbocycles. The zero-order valence-corrected chi connectivity index (χ0v) is 19.2. The van der Waals surface area contributed by atoms with Gasteiger partial charge in [0.1, 0.15) is 0 Å². The van der Waals surface area contributed by atoms with Gasteiger partial charge in [-0.25, -0.2) is 4.85 Å². The summed E-state index contributed by atoms with van der Waals surface area (Å²) in [6, 6.07) is 26.2. The van der Waals surface area contributed by atoms with E-state index in [4.69, 9.17) is 10.7 Å². The van der Waals surface area contributed by atoms with Crippen molar-refractivity contribution in [1.82, 2.24) is 0 Å². The van der Waals surface area contributed by atoms with Gasteiger partial charge >= 0.3 is 0 Å². The predicted molar refractivity (Wildman–Crippen MR) is 148 cm³/mol. The number of hydrogen-bond donors (Lipinski definition) is 0. The van der Waals surface area contributed by atoms with Crippen LogP contribution in [0.3, 0.4) is 0 Å². The highest BCUT2D eigenvalue weighted by Crippen LogP contribution is 2.38. The molecule has 0 amide bonds. The molecule has 0 atom stereocenters. The maximum Gasteiger partial charge on any atom is 0.204 e. The molecular weight excluding hydrogens is 438 g/mol. The second-order valence-corrected chi connectivity index (χ2v) is 7.68. The first kappa shape index (κ1) is 20.0. The number of hydrogen-bond acceptors (Lipinski definition) is 2. The van der Waals surface area contributed by atoms with Crippen LogP contribution >= 0.6 is 0 Å². The molecule has 4 aromatic rings. The Morgan fingerprint density at radius 1 is 0.583 bits per heavy atom. The van der Waals surface area contributed by atoms with E-state index in [1.165, 1.54) is 0 Å². The summed E-state index contributed by atoms with van der Waals surface area (Å²) in [4.78, 5) is 3.75. The lowest BCUT2D eigenvalue weighted by Gasteiger charge is -2.13. The van der Waals surface area contributed by atoms with E-state index in [1.54, 1.807) is 109 Å². The summed E-state index contributed by atoms with van der Waals surface area (Å²) in [5.41, 5.74) is 4.17. The highest BCUT2D eigenvalue weighted by atomic mass is 14.7. The van der Waals surface area contributed by atoms with Crippen LogP contribution in [0.15, 0.2) is 90.9 Å². The zero-order valence-electron chi connectivity index (χ0n) is 22.2. The summed E-state index contributed by atoms with van der Waals surface area (Å²) in [5.74, 6) is 0. The Bertz CT molecular complexity index is 1500. The van der Waals surface area contributed by atoms with Crippen LogP contribution in [0.1, 0.15) is 48.6 Å². The number of nitrogens with zero attached hydrogens (tertiary/aromatic N) is 3. The normalized spacial score (nSPS) is 12.1. The molecule has 0 aliphatic carbocycles. The molecule has 0 N–H and O–H groups in total. The Morgan fingerprint density at radius 2 is 0.917 bits per heavy atom. The average Bonchev–Trinajstić information content (AvgIpc) is 2.95. The number of nitriles is 2. The molecule has 0 unspecified atom stereocenters. The van der Waals surface area contributed by atoms with Gasteiger partial charge in [-0.15, -0.1) is 0 Å². The lowest BCUT2D eigenvalue weighted by molar-refractivity contribution is 1.41. The van der Waals surface area contributed by atoms with Gasteiger partial charge < -0.3 is 0 Å². The van der Waals surface area contributed by atoms with Crippen molar-refractivity contribution in [3.63, 3.8) is 0 Å². The third kappa shape index (κ3) is 5.37. The van der Waals surface area contributed by atoms with Crippen molar-refractivity contribution in [2.24, 2.45) is 0 Å². The summed E-state index contributed by atoms with van der Waals surface area (Å²) in [7, 11) is 0.